The van der Waals surface area contributed by atoms with Crippen LogP contribution in [0.4, 0.5) is 9.18 Å². The van der Waals surface area contributed by atoms with Crippen LogP contribution in [0.5, 0.6) is 5.75 Å². The Bertz CT molecular complexity index is 1010. The van der Waals surface area contributed by atoms with Gasteiger partial charge in [0.1, 0.15) is 12.4 Å². The Hall–Kier alpha value is -3.42. The molecule has 140 valence electrons. The van der Waals surface area contributed by atoms with Crippen molar-refractivity contribution in [2.75, 3.05) is 20.2 Å². The number of halogens is 1. The predicted molar refractivity (Wildman–Crippen MR) is 99.1 cm³/mol. The number of carbonyl (C=O) groups excluding carboxylic acids is 1. The number of urea groups is 1. The van der Waals surface area contributed by atoms with Crippen molar-refractivity contribution >= 4 is 16.9 Å². The number of benzene rings is 2. The number of para-hydroxylation sites is 2. The van der Waals surface area contributed by atoms with Crippen LogP contribution >= 0.6 is 0 Å². The number of rotatable bonds is 6. The number of hydrogen-bond donors (Lipinski definition) is 2. The van der Waals surface area contributed by atoms with Gasteiger partial charge in [-0.05, 0) is 24.3 Å². The fourth-order valence-corrected chi connectivity index (χ4v) is 2.52. The van der Waals surface area contributed by atoms with Crippen LogP contribution in [0.2, 0.25) is 0 Å². The van der Waals surface area contributed by atoms with Gasteiger partial charge in [-0.2, -0.15) is 0 Å². The molecule has 0 aliphatic carbocycles. The third-order valence-corrected chi connectivity index (χ3v) is 3.87. The highest BCUT2D eigenvalue weighted by Gasteiger charge is 2.11. The van der Waals surface area contributed by atoms with E-state index in [9.17, 15) is 14.0 Å². The maximum Gasteiger partial charge on any atom is 0.317 e. The Balaban J connectivity index is 1.52. The first-order valence-electron chi connectivity index (χ1n) is 8.39. The molecule has 2 aromatic carbocycles. The van der Waals surface area contributed by atoms with Crippen LogP contribution in [0.3, 0.4) is 0 Å². The Labute approximate surface area is 154 Å². The van der Waals surface area contributed by atoms with E-state index in [0.29, 0.717) is 16.7 Å². The average Bonchev–Trinajstić information content (AvgIpc) is 2.66. The molecule has 0 saturated carbocycles. The van der Waals surface area contributed by atoms with E-state index in [-0.39, 0.29) is 37.0 Å². The van der Waals surface area contributed by atoms with E-state index < -0.39 is 5.82 Å². The Kier molecular flexibility index (Phi) is 5.65. The molecule has 0 atom stereocenters. The second kappa shape index (κ2) is 8.31. The van der Waals surface area contributed by atoms with Crippen molar-refractivity contribution in [1.29, 1.82) is 0 Å². The summed E-state index contributed by atoms with van der Waals surface area (Å²) in [5.41, 5.74) is 0.325. The summed E-state index contributed by atoms with van der Waals surface area (Å²) in [4.78, 5) is 32.6. The fraction of sp³-hybridized carbons (Fsp3) is 0.211. The largest absolute Gasteiger partial charge is 0.489 e. The molecule has 0 saturated heterocycles. The molecule has 3 rings (SSSR count). The molecule has 0 fully saturated rings. The molecule has 3 aromatic rings. The van der Waals surface area contributed by atoms with E-state index in [0.717, 1.165) is 0 Å². The van der Waals surface area contributed by atoms with Crippen LogP contribution in [0.1, 0.15) is 5.82 Å². The molecule has 0 aliphatic rings. The van der Waals surface area contributed by atoms with E-state index in [4.69, 9.17) is 4.74 Å². The van der Waals surface area contributed by atoms with Gasteiger partial charge in [-0.25, -0.2) is 14.2 Å². The lowest BCUT2D eigenvalue weighted by molar-refractivity contribution is 0.202. The Morgan fingerprint density at radius 3 is 2.78 bits per heavy atom. The van der Waals surface area contributed by atoms with Crippen LogP contribution in [-0.4, -0.2) is 41.1 Å². The van der Waals surface area contributed by atoms with Gasteiger partial charge >= 0.3 is 6.03 Å². The minimum atomic E-state index is -0.452. The quantitative estimate of drug-likeness (QED) is 0.652. The summed E-state index contributed by atoms with van der Waals surface area (Å²) in [6, 6.07) is 12.7. The summed E-state index contributed by atoms with van der Waals surface area (Å²) >= 11 is 0. The molecule has 1 heterocycles. The smallest absolute Gasteiger partial charge is 0.317 e. The lowest BCUT2D eigenvalue weighted by Crippen LogP contribution is -2.39. The van der Waals surface area contributed by atoms with Crippen molar-refractivity contribution in [2.45, 2.75) is 6.54 Å². The zero-order valence-electron chi connectivity index (χ0n) is 14.7. The predicted octanol–water partition coefficient (Wildman–Crippen LogP) is 2.28. The number of aromatic amines is 1. The lowest BCUT2D eigenvalue weighted by Gasteiger charge is -2.17. The van der Waals surface area contributed by atoms with Crippen molar-refractivity contribution in [3.8, 4) is 5.75 Å². The van der Waals surface area contributed by atoms with Crippen molar-refractivity contribution in [3.63, 3.8) is 0 Å². The van der Waals surface area contributed by atoms with E-state index in [1.54, 1.807) is 43.4 Å². The van der Waals surface area contributed by atoms with Crippen LogP contribution in [0.15, 0.2) is 53.3 Å². The second-order valence-corrected chi connectivity index (χ2v) is 5.90. The highest BCUT2D eigenvalue weighted by atomic mass is 19.1. The molecular formula is C19H19FN4O3. The van der Waals surface area contributed by atoms with Crippen molar-refractivity contribution in [1.82, 2.24) is 20.2 Å². The summed E-state index contributed by atoms with van der Waals surface area (Å²) in [7, 11) is 1.59. The Morgan fingerprint density at radius 2 is 1.96 bits per heavy atom. The number of nitrogens with zero attached hydrogens (tertiary/aromatic N) is 2. The normalized spacial score (nSPS) is 10.6. The summed E-state index contributed by atoms with van der Waals surface area (Å²) in [6.07, 6.45) is 0. The fourth-order valence-electron chi connectivity index (χ4n) is 2.52. The molecule has 1 aromatic heterocycles. The number of amides is 2. The lowest BCUT2D eigenvalue weighted by atomic mass is 10.2. The SMILES string of the molecule is CN(Cc1nc2ccccc2c(=O)[nH]1)C(=O)NCCOc1ccccc1F. The average molecular weight is 370 g/mol. The molecule has 0 aliphatic heterocycles. The van der Waals surface area contributed by atoms with Crippen LogP contribution in [0, 0.1) is 5.82 Å². The molecule has 27 heavy (non-hydrogen) atoms. The Morgan fingerprint density at radius 1 is 1.22 bits per heavy atom. The third kappa shape index (κ3) is 4.60. The summed E-state index contributed by atoms with van der Waals surface area (Å²) in [6.45, 7) is 0.477. The monoisotopic (exact) mass is 370 g/mol. The van der Waals surface area contributed by atoms with Gasteiger partial charge in [0.15, 0.2) is 11.6 Å². The van der Waals surface area contributed by atoms with Crippen LogP contribution in [0.25, 0.3) is 10.9 Å². The first-order chi connectivity index (χ1) is 13.0. The molecule has 8 heteroatoms. The molecule has 0 bridgehead atoms. The van der Waals surface area contributed by atoms with Gasteiger partial charge in [0.25, 0.3) is 5.56 Å². The van der Waals surface area contributed by atoms with Gasteiger partial charge in [0.05, 0.1) is 24.0 Å². The first-order valence-corrected chi connectivity index (χ1v) is 8.39. The van der Waals surface area contributed by atoms with Gasteiger partial charge in [0, 0.05) is 7.05 Å². The number of hydrogen-bond acceptors (Lipinski definition) is 4. The van der Waals surface area contributed by atoms with Crippen molar-refractivity contribution in [2.24, 2.45) is 0 Å². The van der Waals surface area contributed by atoms with Crippen molar-refractivity contribution in [3.05, 3.63) is 70.5 Å². The maximum absolute atomic E-state index is 13.4. The van der Waals surface area contributed by atoms with Crippen LogP contribution in [-0.2, 0) is 6.54 Å². The number of nitrogens with one attached hydrogen (secondary N) is 2. The second-order valence-electron chi connectivity index (χ2n) is 5.90. The van der Waals surface area contributed by atoms with Crippen LogP contribution < -0.4 is 15.6 Å². The molecule has 0 unspecified atom stereocenters. The number of aromatic nitrogens is 2. The molecule has 2 amide bonds. The molecule has 7 nitrogen and oxygen atoms in total. The first kappa shape index (κ1) is 18.4. The van der Waals surface area contributed by atoms with Gasteiger partial charge in [-0.15, -0.1) is 0 Å². The van der Waals surface area contributed by atoms with E-state index in [1.807, 2.05) is 0 Å². The topological polar surface area (TPSA) is 87.3 Å². The van der Waals surface area contributed by atoms with E-state index >= 15 is 0 Å². The minimum Gasteiger partial charge on any atom is -0.489 e. The van der Waals surface area contributed by atoms with Gasteiger partial charge in [0.2, 0.25) is 0 Å². The summed E-state index contributed by atoms with van der Waals surface area (Å²) in [5, 5.41) is 3.16. The summed E-state index contributed by atoms with van der Waals surface area (Å²) < 4.78 is 18.7. The minimum absolute atomic E-state index is 0.131. The van der Waals surface area contributed by atoms with Gasteiger partial charge < -0.3 is 19.9 Å². The van der Waals surface area contributed by atoms with E-state index in [1.165, 1.54) is 17.0 Å². The van der Waals surface area contributed by atoms with Gasteiger partial charge in [-0.1, -0.05) is 24.3 Å². The molecular weight excluding hydrogens is 351 g/mol. The standard InChI is InChI=1S/C19H19FN4O3/c1-24(12-17-22-15-8-4-2-6-13(15)18(25)23-17)19(26)21-10-11-27-16-9-5-3-7-14(16)20/h2-9H,10-12H2,1H3,(H,21,26)(H,22,23,25). The van der Waals surface area contributed by atoms with E-state index in [2.05, 4.69) is 15.3 Å². The van der Waals surface area contributed by atoms with Crippen molar-refractivity contribution < 1.29 is 13.9 Å². The number of ether oxygens (including phenoxy) is 1. The zero-order valence-corrected chi connectivity index (χ0v) is 14.7. The number of carbonyl (C=O) groups is 1. The molecule has 2 N–H and O–H groups in total. The highest BCUT2D eigenvalue weighted by molar-refractivity contribution is 5.77. The third-order valence-electron chi connectivity index (χ3n) is 3.87. The molecule has 0 spiro atoms. The van der Waals surface area contributed by atoms with Gasteiger partial charge in [-0.3, -0.25) is 4.79 Å². The number of fused-ring (bicyclic) bond motifs is 1. The summed E-state index contributed by atoms with van der Waals surface area (Å²) in [5.74, 6) is 0.0734. The highest BCUT2D eigenvalue weighted by Crippen LogP contribution is 2.14. The maximum atomic E-state index is 13.4. The number of H-pyrrole nitrogens is 1. The molecule has 0 radical (unpaired) electrons. The zero-order chi connectivity index (χ0) is 19.2.